The van der Waals surface area contributed by atoms with Crippen LogP contribution in [0.3, 0.4) is 0 Å². The summed E-state index contributed by atoms with van der Waals surface area (Å²) in [6.07, 6.45) is -0.615. The Labute approximate surface area is 132 Å². The molecule has 0 saturated carbocycles. The van der Waals surface area contributed by atoms with Crippen LogP contribution in [0.1, 0.15) is 22.3 Å². The molecule has 0 fully saturated rings. The van der Waals surface area contributed by atoms with E-state index in [0.29, 0.717) is 5.75 Å². The minimum atomic E-state index is -2.01. The molecule has 0 aromatic heterocycles. The van der Waals surface area contributed by atoms with Crippen molar-refractivity contribution < 1.29 is 28.7 Å². The number of esters is 1. The maximum absolute atomic E-state index is 12.7. The second-order valence-corrected chi connectivity index (χ2v) is 5.12. The molecule has 1 aromatic carbocycles. The zero-order valence-corrected chi connectivity index (χ0v) is 12.9. The quantitative estimate of drug-likeness (QED) is 0.458. The maximum Gasteiger partial charge on any atom is 0.326 e. The highest BCUT2D eigenvalue weighted by molar-refractivity contribution is 6.22. The molecule has 8 nitrogen and oxygen atoms in total. The van der Waals surface area contributed by atoms with Gasteiger partial charge in [0.05, 0.1) is 20.6 Å². The molecule has 1 heterocycles. The molecule has 3 amide bonds. The number of hydrogen-bond donors (Lipinski definition) is 1. The second-order valence-electron chi connectivity index (χ2n) is 5.12. The number of ether oxygens (including phenoxy) is 2. The maximum atomic E-state index is 12.7. The molecule has 1 unspecified atom stereocenters. The first-order valence-electron chi connectivity index (χ1n) is 6.67. The molecule has 2 rings (SSSR count). The summed E-state index contributed by atoms with van der Waals surface area (Å²) in [7, 11) is 3.72. The summed E-state index contributed by atoms with van der Waals surface area (Å²) in [5.41, 5.74) is 3.39. The lowest BCUT2D eigenvalue weighted by Gasteiger charge is -2.37. The number of likely N-dealkylation sites (N-methyl/N-ethyl adjacent to an activating group) is 1. The standard InChI is InChI=1S/C15H16N2O6/c1-17-12(19)9-5-4-8(22-2)6-10(9)15(13(17)20,7-11(16)18)14(21)23-3/h4-6H,7H2,1-3H3,(H2,16,18). The third-order valence-corrected chi connectivity index (χ3v) is 3.86. The zero-order chi connectivity index (χ0) is 17.4. The van der Waals surface area contributed by atoms with E-state index in [0.717, 1.165) is 12.0 Å². The molecule has 23 heavy (non-hydrogen) atoms. The average Bonchev–Trinajstić information content (AvgIpc) is 2.55. The molecule has 1 aromatic rings. The number of rotatable bonds is 4. The Morgan fingerprint density at radius 3 is 2.43 bits per heavy atom. The third kappa shape index (κ3) is 2.32. The van der Waals surface area contributed by atoms with Gasteiger partial charge in [-0.15, -0.1) is 0 Å². The van der Waals surface area contributed by atoms with Crippen LogP contribution < -0.4 is 10.5 Å². The molecule has 122 valence electrons. The fourth-order valence-electron chi connectivity index (χ4n) is 2.74. The number of nitrogens with two attached hydrogens (primary N) is 1. The van der Waals surface area contributed by atoms with Crippen molar-refractivity contribution in [1.29, 1.82) is 0 Å². The molecule has 1 aliphatic heterocycles. The van der Waals surface area contributed by atoms with Crippen LogP contribution in [0.5, 0.6) is 5.75 Å². The van der Waals surface area contributed by atoms with Crippen molar-refractivity contribution in [3.63, 3.8) is 0 Å². The largest absolute Gasteiger partial charge is 0.497 e. The molecular formula is C15H16N2O6. The Hall–Kier alpha value is -2.90. The Balaban J connectivity index is 2.85. The minimum Gasteiger partial charge on any atom is -0.497 e. The van der Waals surface area contributed by atoms with E-state index < -0.39 is 35.5 Å². The van der Waals surface area contributed by atoms with Crippen molar-refractivity contribution >= 4 is 23.7 Å². The van der Waals surface area contributed by atoms with Gasteiger partial charge in [-0.2, -0.15) is 0 Å². The summed E-state index contributed by atoms with van der Waals surface area (Å²) in [6.45, 7) is 0. The molecule has 8 heteroatoms. The number of carbonyl (C=O) groups excluding carboxylic acids is 4. The number of methoxy groups -OCH3 is 2. The van der Waals surface area contributed by atoms with E-state index in [1.165, 1.54) is 32.4 Å². The number of fused-ring (bicyclic) bond motifs is 1. The van der Waals surface area contributed by atoms with Crippen LogP contribution in [0, 0.1) is 0 Å². The van der Waals surface area contributed by atoms with Crippen LogP contribution in [-0.2, 0) is 24.5 Å². The van der Waals surface area contributed by atoms with Crippen LogP contribution >= 0.6 is 0 Å². The van der Waals surface area contributed by atoms with Gasteiger partial charge in [-0.1, -0.05) is 0 Å². The number of imide groups is 1. The van der Waals surface area contributed by atoms with Gasteiger partial charge in [0.2, 0.25) is 5.91 Å². The molecule has 0 saturated heterocycles. The van der Waals surface area contributed by atoms with E-state index in [2.05, 4.69) is 0 Å². The van der Waals surface area contributed by atoms with Gasteiger partial charge in [0.25, 0.3) is 11.8 Å². The van der Waals surface area contributed by atoms with Gasteiger partial charge in [-0.05, 0) is 23.8 Å². The highest BCUT2D eigenvalue weighted by atomic mass is 16.5. The second kappa shape index (κ2) is 5.71. The van der Waals surface area contributed by atoms with Crippen LogP contribution in [0.25, 0.3) is 0 Å². The monoisotopic (exact) mass is 320 g/mol. The van der Waals surface area contributed by atoms with E-state index >= 15 is 0 Å². The highest BCUT2D eigenvalue weighted by Crippen LogP contribution is 2.40. The van der Waals surface area contributed by atoms with Gasteiger partial charge in [0.15, 0.2) is 5.41 Å². The third-order valence-electron chi connectivity index (χ3n) is 3.86. The Bertz CT molecular complexity index is 714. The van der Waals surface area contributed by atoms with E-state index in [1.807, 2.05) is 0 Å². The summed E-state index contributed by atoms with van der Waals surface area (Å²) in [5.74, 6) is -2.97. The number of hydrogen-bond acceptors (Lipinski definition) is 6. The predicted octanol–water partition coefficient (Wildman–Crippen LogP) is -0.406. The lowest BCUT2D eigenvalue weighted by molar-refractivity contribution is -0.157. The van der Waals surface area contributed by atoms with Gasteiger partial charge in [0, 0.05) is 12.6 Å². The lowest BCUT2D eigenvalue weighted by Crippen LogP contribution is -2.58. The number of carbonyl (C=O) groups is 4. The van der Waals surface area contributed by atoms with Crippen molar-refractivity contribution in [3.05, 3.63) is 29.3 Å². The van der Waals surface area contributed by atoms with Gasteiger partial charge in [-0.25, -0.2) is 0 Å². The predicted molar refractivity (Wildman–Crippen MR) is 77.6 cm³/mol. The lowest BCUT2D eigenvalue weighted by atomic mass is 9.71. The molecule has 0 aliphatic carbocycles. The highest BCUT2D eigenvalue weighted by Gasteiger charge is 2.57. The van der Waals surface area contributed by atoms with E-state index in [4.69, 9.17) is 15.2 Å². The number of benzene rings is 1. The summed E-state index contributed by atoms with van der Waals surface area (Å²) in [5, 5.41) is 0. The van der Waals surface area contributed by atoms with Crippen molar-refractivity contribution in [1.82, 2.24) is 4.90 Å². The smallest absolute Gasteiger partial charge is 0.326 e. The fourth-order valence-corrected chi connectivity index (χ4v) is 2.74. The minimum absolute atomic E-state index is 0.0515. The fraction of sp³-hybridized carbons (Fsp3) is 0.333. The number of nitrogens with zero attached hydrogens (tertiary/aromatic N) is 1. The SMILES string of the molecule is COC(=O)C1(CC(N)=O)C(=O)N(C)C(=O)c2ccc(OC)cc21. The van der Waals surface area contributed by atoms with Gasteiger partial charge in [0.1, 0.15) is 5.75 Å². The van der Waals surface area contributed by atoms with Crippen LogP contribution in [0.15, 0.2) is 18.2 Å². The molecular weight excluding hydrogens is 304 g/mol. The average molecular weight is 320 g/mol. The van der Waals surface area contributed by atoms with Crippen molar-refractivity contribution in [2.75, 3.05) is 21.3 Å². The first kappa shape index (κ1) is 16.5. The van der Waals surface area contributed by atoms with Crippen molar-refractivity contribution in [3.8, 4) is 5.75 Å². The molecule has 0 radical (unpaired) electrons. The summed E-state index contributed by atoms with van der Waals surface area (Å²) >= 11 is 0. The summed E-state index contributed by atoms with van der Waals surface area (Å²) < 4.78 is 9.82. The first-order valence-corrected chi connectivity index (χ1v) is 6.67. The number of primary amides is 1. The Morgan fingerprint density at radius 1 is 1.26 bits per heavy atom. The van der Waals surface area contributed by atoms with Gasteiger partial charge in [-0.3, -0.25) is 24.1 Å². The molecule has 0 bridgehead atoms. The zero-order valence-electron chi connectivity index (χ0n) is 12.9. The van der Waals surface area contributed by atoms with Crippen LogP contribution in [-0.4, -0.2) is 49.9 Å². The molecule has 2 N–H and O–H groups in total. The van der Waals surface area contributed by atoms with E-state index in [-0.39, 0.29) is 11.1 Å². The molecule has 1 aliphatic rings. The topological polar surface area (TPSA) is 116 Å². The van der Waals surface area contributed by atoms with Crippen LogP contribution in [0.4, 0.5) is 0 Å². The van der Waals surface area contributed by atoms with E-state index in [1.54, 1.807) is 0 Å². The van der Waals surface area contributed by atoms with Gasteiger partial charge < -0.3 is 15.2 Å². The number of amides is 3. The summed E-state index contributed by atoms with van der Waals surface area (Å²) in [6, 6.07) is 4.32. The Kier molecular flexibility index (Phi) is 4.09. The van der Waals surface area contributed by atoms with Gasteiger partial charge >= 0.3 is 5.97 Å². The van der Waals surface area contributed by atoms with Crippen molar-refractivity contribution in [2.24, 2.45) is 5.73 Å². The van der Waals surface area contributed by atoms with Crippen molar-refractivity contribution in [2.45, 2.75) is 11.8 Å². The van der Waals surface area contributed by atoms with E-state index in [9.17, 15) is 19.2 Å². The Morgan fingerprint density at radius 2 is 1.91 bits per heavy atom. The normalized spacial score (nSPS) is 20.0. The first-order chi connectivity index (χ1) is 10.8. The molecule has 1 atom stereocenters. The molecule has 0 spiro atoms. The van der Waals surface area contributed by atoms with Crippen LogP contribution in [0.2, 0.25) is 0 Å². The summed E-state index contributed by atoms with van der Waals surface area (Å²) in [4.78, 5) is 49.7.